The second-order valence-corrected chi connectivity index (χ2v) is 4.47. The van der Waals surface area contributed by atoms with Gasteiger partial charge >= 0.3 is 0 Å². The van der Waals surface area contributed by atoms with E-state index in [9.17, 15) is 0 Å². The highest BCUT2D eigenvalue weighted by atomic mass is 15.2. The highest BCUT2D eigenvalue weighted by molar-refractivity contribution is 5.02. The Morgan fingerprint density at radius 3 is 1.80 bits per heavy atom. The highest BCUT2D eigenvalue weighted by Crippen LogP contribution is 2.35. The van der Waals surface area contributed by atoms with E-state index in [1.807, 2.05) is 0 Å². The molecular formula is C8H18N2. The largest absolute Gasteiger partial charge is 0.324 e. The van der Waals surface area contributed by atoms with Crippen molar-refractivity contribution in [2.75, 3.05) is 20.1 Å². The summed E-state index contributed by atoms with van der Waals surface area (Å²) < 4.78 is 0. The van der Waals surface area contributed by atoms with Gasteiger partial charge in [0.05, 0.1) is 0 Å². The highest BCUT2D eigenvalue weighted by Gasteiger charge is 2.44. The molecule has 0 amide bonds. The van der Waals surface area contributed by atoms with Gasteiger partial charge in [0.25, 0.3) is 0 Å². The third-order valence-corrected chi connectivity index (χ3v) is 2.81. The molecule has 0 bridgehead atoms. The van der Waals surface area contributed by atoms with E-state index in [0.717, 1.165) is 13.1 Å². The molecule has 60 valence electrons. The van der Waals surface area contributed by atoms with Crippen molar-refractivity contribution in [2.45, 2.75) is 26.3 Å². The second-order valence-electron chi connectivity index (χ2n) is 4.47. The molecule has 1 fully saturated rings. The van der Waals surface area contributed by atoms with E-state index in [4.69, 9.17) is 5.73 Å². The van der Waals surface area contributed by atoms with Crippen LogP contribution in [0.5, 0.6) is 0 Å². The SMILES string of the molecule is CN1CC(C)(C)C(C)(N)C1. The summed E-state index contributed by atoms with van der Waals surface area (Å²) in [5, 5.41) is 0. The predicted octanol–water partition coefficient (Wildman–Crippen LogP) is 0.675. The van der Waals surface area contributed by atoms with Gasteiger partial charge in [0, 0.05) is 18.6 Å². The molecule has 2 nitrogen and oxygen atoms in total. The molecule has 0 aromatic heterocycles. The van der Waals surface area contributed by atoms with Crippen molar-refractivity contribution < 1.29 is 0 Å². The predicted molar refractivity (Wildman–Crippen MR) is 43.9 cm³/mol. The van der Waals surface area contributed by atoms with Crippen molar-refractivity contribution in [1.29, 1.82) is 0 Å². The standard InChI is InChI=1S/C8H18N2/c1-7(2)5-10(4)6-8(7,3)9/h5-6,9H2,1-4H3. The Hall–Kier alpha value is -0.0800. The Labute approximate surface area is 63.4 Å². The summed E-state index contributed by atoms with van der Waals surface area (Å²) in [6, 6.07) is 0. The van der Waals surface area contributed by atoms with E-state index in [1.165, 1.54) is 0 Å². The molecule has 1 unspecified atom stereocenters. The minimum Gasteiger partial charge on any atom is -0.324 e. The summed E-state index contributed by atoms with van der Waals surface area (Å²) in [5.41, 5.74) is 6.36. The molecule has 1 aliphatic rings. The van der Waals surface area contributed by atoms with Gasteiger partial charge in [0.1, 0.15) is 0 Å². The van der Waals surface area contributed by atoms with Crippen molar-refractivity contribution in [3.05, 3.63) is 0 Å². The van der Waals surface area contributed by atoms with Gasteiger partial charge in [-0.1, -0.05) is 13.8 Å². The fourth-order valence-electron chi connectivity index (χ4n) is 1.69. The molecule has 2 N–H and O–H groups in total. The maximum Gasteiger partial charge on any atom is 0.0318 e. The average molecular weight is 142 g/mol. The van der Waals surface area contributed by atoms with Gasteiger partial charge in [-0.15, -0.1) is 0 Å². The molecule has 1 saturated heterocycles. The number of hydrogen-bond donors (Lipinski definition) is 1. The smallest absolute Gasteiger partial charge is 0.0318 e. The van der Waals surface area contributed by atoms with E-state index in [2.05, 4.69) is 32.7 Å². The number of nitrogens with two attached hydrogens (primary N) is 1. The maximum atomic E-state index is 6.10. The molecule has 0 aromatic carbocycles. The first kappa shape index (κ1) is 8.02. The Morgan fingerprint density at radius 1 is 1.20 bits per heavy atom. The third kappa shape index (κ3) is 1.06. The maximum absolute atomic E-state index is 6.10. The van der Waals surface area contributed by atoms with Crippen LogP contribution in [0.1, 0.15) is 20.8 Å². The fourth-order valence-corrected chi connectivity index (χ4v) is 1.69. The lowest BCUT2D eigenvalue weighted by Gasteiger charge is -2.32. The zero-order valence-corrected chi connectivity index (χ0v) is 7.44. The lowest BCUT2D eigenvalue weighted by molar-refractivity contribution is 0.255. The molecule has 0 spiro atoms. The molecule has 0 saturated carbocycles. The van der Waals surface area contributed by atoms with E-state index in [0.29, 0.717) is 0 Å². The molecular weight excluding hydrogens is 124 g/mol. The van der Waals surface area contributed by atoms with Crippen LogP contribution in [0.25, 0.3) is 0 Å². The summed E-state index contributed by atoms with van der Waals surface area (Å²) in [4.78, 5) is 2.29. The molecule has 1 heterocycles. The van der Waals surface area contributed by atoms with Crippen molar-refractivity contribution in [1.82, 2.24) is 4.90 Å². The summed E-state index contributed by atoms with van der Waals surface area (Å²) in [6.45, 7) is 8.73. The van der Waals surface area contributed by atoms with E-state index < -0.39 is 0 Å². The first-order valence-corrected chi connectivity index (χ1v) is 3.83. The van der Waals surface area contributed by atoms with Gasteiger partial charge in [-0.05, 0) is 19.4 Å². The Morgan fingerprint density at radius 2 is 1.70 bits per heavy atom. The lowest BCUT2D eigenvalue weighted by atomic mass is 9.77. The number of hydrogen-bond acceptors (Lipinski definition) is 2. The first-order chi connectivity index (χ1) is 4.35. The molecule has 0 aromatic rings. The van der Waals surface area contributed by atoms with Gasteiger partial charge in [0.15, 0.2) is 0 Å². The minimum atomic E-state index is -0.0122. The quantitative estimate of drug-likeness (QED) is 0.539. The number of rotatable bonds is 0. The number of likely N-dealkylation sites (N-methyl/N-ethyl adjacent to an activating group) is 1. The number of nitrogens with zero attached hydrogens (tertiary/aromatic N) is 1. The summed E-state index contributed by atoms with van der Waals surface area (Å²) in [5.74, 6) is 0. The summed E-state index contributed by atoms with van der Waals surface area (Å²) in [7, 11) is 2.12. The van der Waals surface area contributed by atoms with E-state index >= 15 is 0 Å². The van der Waals surface area contributed by atoms with Crippen molar-refractivity contribution in [3.63, 3.8) is 0 Å². The van der Waals surface area contributed by atoms with Gasteiger partial charge in [-0.2, -0.15) is 0 Å². The molecule has 1 rings (SSSR count). The molecule has 10 heavy (non-hydrogen) atoms. The Bertz CT molecular complexity index is 122. The van der Waals surface area contributed by atoms with E-state index in [1.54, 1.807) is 0 Å². The molecule has 0 aliphatic carbocycles. The van der Waals surface area contributed by atoms with Gasteiger partial charge in [0.2, 0.25) is 0 Å². The molecule has 0 radical (unpaired) electrons. The second kappa shape index (κ2) is 1.95. The van der Waals surface area contributed by atoms with Crippen molar-refractivity contribution in [2.24, 2.45) is 11.1 Å². The molecule has 1 atom stereocenters. The Kier molecular flexibility index (Phi) is 1.57. The summed E-state index contributed by atoms with van der Waals surface area (Å²) >= 11 is 0. The first-order valence-electron chi connectivity index (χ1n) is 3.83. The van der Waals surface area contributed by atoms with Crippen LogP contribution < -0.4 is 5.73 Å². The van der Waals surface area contributed by atoms with Crippen LogP contribution >= 0.6 is 0 Å². The minimum absolute atomic E-state index is 0.0122. The van der Waals surface area contributed by atoms with Crippen LogP contribution in [0.2, 0.25) is 0 Å². The average Bonchev–Trinajstić information content (AvgIpc) is 1.73. The Balaban J connectivity index is 2.78. The van der Waals surface area contributed by atoms with E-state index in [-0.39, 0.29) is 11.0 Å². The van der Waals surface area contributed by atoms with Crippen LogP contribution in [0.3, 0.4) is 0 Å². The monoisotopic (exact) mass is 142 g/mol. The van der Waals surface area contributed by atoms with Gasteiger partial charge in [-0.3, -0.25) is 0 Å². The topological polar surface area (TPSA) is 29.3 Å². The zero-order valence-electron chi connectivity index (χ0n) is 7.44. The zero-order chi connectivity index (χ0) is 7.99. The van der Waals surface area contributed by atoms with Crippen LogP contribution in [0.15, 0.2) is 0 Å². The van der Waals surface area contributed by atoms with Crippen LogP contribution in [0.4, 0.5) is 0 Å². The van der Waals surface area contributed by atoms with Crippen molar-refractivity contribution in [3.8, 4) is 0 Å². The van der Waals surface area contributed by atoms with Crippen molar-refractivity contribution >= 4 is 0 Å². The molecule has 2 heteroatoms. The van der Waals surface area contributed by atoms with Crippen LogP contribution in [-0.4, -0.2) is 30.6 Å². The van der Waals surface area contributed by atoms with Crippen LogP contribution in [-0.2, 0) is 0 Å². The van der Waals surface area contributed by atoms with Gasteiger partial charge < -0.3 is 10.6 Å². The number of likely N-dealkylation sites (tertiary alicyclic amines) is 1. The fraction of sp³-hybridized carbons (Fsp3) is 1.00. The summed E-state index contributed by atoms with van der Waals surface area (Å²) in [6.07, 6.45) is 0. The van der Waals surface area contributed by atoms with Gasteiger partial charge in [-0.25, -0.2) is 0 Å². The normalized spacial score (nSPS) is 40.5. The van der Waals surface area contributed by atoms with Crippen LogP contribution in [0, 0.1) is 5.41 Å². The lowest BCUT2D eigenvalue weighted by Crippen LogP contribution is -2.49. The third-order valence-electron chi connectivity index (χ3n) is 2.81. The molecule has 1 aliphatic heterocycles.